The summed E-state index contributed by atoms with van der Waals surface area (Å²) in [7, 11) is 0. The third-order valence-corrected chi connectivity index (χ3v) is 4.79. The second-order valence-corrected chi connectivity index (χ2v) is 7.30. The molecule has 0 unspecified atom stereocenters. The summed E-state index contributed by atoms with van der Waals surface area (Å²) in [5, 5.41) is 7.23. The highest BCUT2D eigenvalue weighted by molar-refractivity contribution is 6.30. The van der Waals surface area contributed by atoms with E-state index in [1.165, 1.54) is 42.6 Å². The Morgan fingerprint density at radius 2 is 1.88 bits per heavy atom. The Kier molecular flexibility index (Phi) is 6.32. The summed E-state index contributed by atoms with van der Waals surface area (Å²) in [6.07, 6.45) is 1.24. The van der Waals surface area contributed by atoms with Gasteiger partial charge in [-0.05, 0) is 54.6 Å². The molecule has 0 saturated heterocycles. The normalized spacial score (nSPS) is 11.1. The summed E-state index contributed by atoms with van der Waals surface area (Å²) in [5.41, 5.74) is -0.140. The van der Waals surface area contributed by atoms with Gasteiger partial charge in [-0.3, -0.25) is 9.59 Å². The number of aromatic amines is 1. The minimum absolute atomic E-state index is 0.252. The number of hydrogen-bond acceptors (Lipinski definition) is 5. The summed E-state index contributed by atoms with van der Waals surface area (Å²) in [5.74, 6) is -0.636. The molecule has 0 bridgehead atoms. The Morgan fingerprint density at radius 3 is 2.67 bits per heavy atom. The van der Waals surface area contributed by atoms with E-state index < -0.39 is 23.0 Å². The van der Waals surface area contributed by atoms with Crippen LogP contribution in [0, 0.1) is 5.82 Å². The molecule has 8 nitrogen and oxygen atoms in total. The molecule has 0 aliphatic rings. The lowest BCUT2D eigenvalue weighted by Gasteiger charge is -2.10. The number of para-hydroxylation sites is 1. The van der Waals surface area contributed by atoms with E-state index >= 15 is 0 Å². The van der Waals surface area contributed by atoms with Crippen LogP contribution in [-0.2, 0) is 4.79 Å². The maximum Gasteiger partial charge on any atom is 0.349 e. The predicted octanol–water partition coefficient (Wildman–Crippen LogP) is 3.38. The van der Waals surface area contributed by atoms with Crippen molar-refractivity contribution in [3.8, 4) is 5.75 Å². The molecule has 4 aromatic rings. The van der Waals surface area contributed by atoms with Crippen LogP contribution in [-0.4, -0.2) is 28.4 Å². The van der Waals surface area contributed by atoms with E-state index in [0.717, 1.165) is 0 Å². The van der Waals surface area contributed by atoms with Crippen LogP contribution in [0.2, 0.25) is 5.02 Å². The van der Waals surface area contributed by atoms with Crippen LogP contribution >= 0.6 is 11.6 Å². The van der Waals surface area contributed by atoms with E-state index in [4.69, 9.17) is 16.3 Å². The fourth-order valence-electron chi connectivity index (χ4n) is 3.00. The van der Waals surface area contributed by atoms with Crippen molar-refractivity contribution in [1.82, 2.24) is 9.66 Å². The van der Waals surface area contributed by atoms with Crippen LogP contribution in [0.5, 0.6) is 5.75 Å². The highest BCUT2D eigenvalue weighted by atomic mass is 35.5. The first-order valence-corrected chi connectivity index (χ1v) is 10.0. The summed E-state index contributed by atoms with van der Waals surface area (Å²) >= 11 is 6.06. The fourth-order valence-corrected chi connectivity index (χ4v) is 3.18. The van der Waals surface area contributed by atoms with Crippen molar-refractivity contribution >= 4 is 40.3 Å². The van der Waals surface area contributed by atoms with Crippen molar-refractivity contribution in [3.05, 3.63) is 104 Å². The van der Waals surface area contributed by atoms with Crippen LogP contribution in [0.4, 0.5) is 10.1 Å². The van der Waals surface area contributed by atoms with Gasteiger partial charge in [-0.2, -0.15) is 5.10 Å². The average molecular weight is 467 g/mol. The molecule has 166 valence electrons. The quantitative estimate of drug-likeness (QED) is 0.425. The molecular weight excluding hydrogens is 451 g/mol. The van der Waals surface area contributed by atoms with Crippen molar-refractivity contribution in [2.75, 3.05) is 11.9 Å². The molecule has 0 aliphatic heterocycles. The van der Waals surface area contributed by atoms with Gasteiger partial charge in [0.15, 0.2) is 6.61 Å². The summed E-state index contributed by atoms with van der Waals surface area (Å²) < 4.78 is 19.2. The van der Waals surface area contributed by atoms with Gasteiger partial charge in [0.05, 0.1) is 17.1 Å². The lowest BCUT2D eigenvalue weighted by Crippen LogP contribution is -2.32. The Bertz CT molecular complexity index is 1480. The first-order valence-electron chi connectivity index (χ1n) is 9.67. The van der Waals surface area contributed by atoms with E-state index in [0.29, 0.717) is 31.9 Å². The van der Waals surface area contributed by atoms with Gasteiger partial charge in [0, 0.05) is 16.3 Å². The molecule has 33 heavy (non-hydrogen) atoms. The number of nitrogens with zero attached hydrogens (tertiary/aromatic N) is 2. The van der Waals surface area contributed by atoms with Crippen LogP contribution in [0.25, 0.3) is 10.9 Å². The van der Waals surface area contributed by atoms with E-state index in [2.05, 4.69) is 15.4 Å². The third kappa shape index (κ3) is 5.16. The number of fused-ring (bicyclic) bond motifs is 1. The molecule has 0 aliphatic carbocycles. The minimum Gasteiger partial charge on any atom is -0.483 e. The smallest absolute Gasteiger partial charge is 0.349 e. The lowest BCUT2D eigenvalue weighted by molar-refractivity contribution is -0.118. The fraction of sp³-hybridized carbons (Fsp3) is 0.0435. The molecule has 1 amide bonds. The summed E-state index contributed by atoms with van der Waals surface area (Å²) in [6, 6.07) is 16.5. The summed E-state index contributed by atoms with van der Waals surface area (Å²) in [4.78, 5) is 39.7. The molecule has 0 fully saturated rings. The number of carbonyl (C=O) groups excluding carboxylic acids is 1. The molecule has 0 saturated carbocycles. The number of rotatable bonds is 6. The zero-order chi connectivity index (χ0) is 23.4. The molecule has 0 radical (unpaired) electrons. The SMILES string of the molecule is O=C(COc1ccc(Cl)cc1C=Nn1c(=O)[nH]c2ccccc2c1=O)Nc1ccc(F)cc1. The number of amides is 1. The molecule has 10 heteroatoms. The second kappa shape index (κ2) is 9.49. The van der Waals surface area contributed by atoms with Gasteiger partial charge in [0.25, 0.3) is 11.5 Å². The standard InChI is InChI=1S/C23H16ClFN4O4/c24-15-5-10-20(33-13-21(30)27-17-8-6-16(25)7-9-17)14(11-15)12-26-29-22(31)18-3-1-2-4-19(18)28-23(29)32/h1-12H,13H2,(H,27,30)(H,28,32). The Balaban J connectivity index is 1.55. The van der Waals surface area contributed by atoms with Crippen molar-refractivity contribution in [2.45, 2.75) is 0 Å². The number of hydrogen-bond donors (Lipinski definition) is 2. The van der Waals surface area contributed by atoms with E-state index in [9.17, 15) is 18.8 Å². The van der Waals surface area contributed by atoms with Crippen LogP contribution < -0.4 is 21.3 Å². The number of benzene rings is 3. The van der Waals surface area contributed by atoms with Gasteiger partial charge in [-0.25, -0.2) is 9.18 Å². The molecule has 0 atom stereocenters. The van der Waals surface area contributed by atoms with Gasteiger partial charge in [0.2, 0.25) is 0 Å². The molecular formula is C23H16ClFN4O4. The van der Waals surface area contributed by atoms with Crippen molar-refractivity contribution < 1.29 is 13.9 Å². The molecule has 0 spiro atoms. The average Bonchev–Trinajstić information content (AvgIpc) is 2.80. The Labute approximate surface area is 190 Å². The third-order valence-electron chi connectivity index (χ3n) is 4.55. The number of carbonyl (C=O) groups is 1. The Morgan fingerprint density at radius 1 is 1.12 bits per heavy atom. The Hall–Kier alpha value is -4.24. The highest BCUT2D eigenvalue weighted by Crippen LogP contribution is 2.21. The van der Waals surface area contributed by atoms with Crippen LogP contribution in [0.1, 0.15) is 5.56 Å². The topological polar surface area (TPSA) is 106 Å². The van der Waals surface area contributed by atoms with Gasteiger partial charge < -0.3 is 15.0 Å². The predicted molar refractivity (Wildman–Crippen MR) is 124 cm³/mol. The largest absolute Gasteiger partial charge is 0.483 e. The maximum atomic E-state index is 13.0. The van der Waals surface area contributed by atoms with Gasteiger partial charge in [-0.1, -0.05) is 23.7 Å². The van der Waals surface area contributed by atoms with Crippen molar-refractivity contribution in [2.24, 2.45) is 5.10 Å². The zero-order valence-corrected chi connectivity index (χ0v) is 17.7. The number of halogens is 2. The van der Waals surface area contributed by atoms with Gasteiger partial charge >= 0.3 is 5.69 Å². The van der Waals surface area contributed by atoms with E-state index in [1.807, 2.05) is 0 Å². The van der Waals surface area contributed by atoms with Crippen molar-refractivity contribution in [1.29, 1.82) is 0 Å². The molecule has 4 rings (SSSR count). The lowest BCUT2D eigenvalue weighted by atomic mass is 10.2. The summed E-state index contributed by atoms with van der Waals surface area (Å²) in [6.45, 7) is -0.351. The van der Waals surface area contributed by atoms with Gasteiger partial charge in [0.1, 0.15) is 11.6 Å². The molecule has 1 heterocycles. The molecule has 1 aromatic heterocycles. The number of anilines is 1. The number of ether oxygens (including phenoxy) is 1. The maximum absolute atomic E-state index is 13.0. The van der Waals surface area contributed by atoms with Crippen molar-refractivity contribution in [3.63, 3.8) is 0 Å². The molecule has 3 aromatic carbocycles. The monoisotopic (exact) mass is 466 g/mol. The number of H-pyrrole nitrogens is 1. The van der Waals surface area contributed by atoms with Gasteiger partial charge in [-0.15, -0.1) is 4.68 Å². The number of aromatic nitrogens is 2. The van der Waals surface area contributed by atoms with Crippen LogP contribution in [0.3, 0.4) is 0 Å². The first kappa shape index (κ1) is 22.0. The molecule has 2 N–H and O–H groups in total. The zero-order valence-electron chi connectivity index (χ0n) is 16.9. The van der Waals surface area contributed by atoms with E-state index in [1.54, 1.807) is 30.3 Å². The minimum atomic E-state index is -0.710. The number of nitrogens with one attached hydrogen (secondary N) is 2. The second-order valence-electron chi connectivity index (χ2n) is 6.86. The highest BCUT2D eigenvalue weighted by Gasteiger charge is 2.09. The first-order chi connectivity index (χ1) is 15.9. The van der Waals surface area contributed by atoms with Crippen LogP contribution in [0.15, 0.2) is 81.4 Å². The van der Waals surface area contributed by atoms with E-state index in [-0.39, 0.29) is 12.4 Å².